The van der Waals surface area contributed by atoms with Crippen LogP contribution >= 0.6 is 7.82 Å². The maximum Gasteiger partial charge on any atom is 0.472 e. The molecule has 3 N–H and O–H groups in total. The molecule has 0 aliphatic carbocycles. The fourth-order valence-corrected chi connectivity index (χ4v) is 4.31. The van der Waals surface area contributed by atoms with Crippen LogP contribution in [0, 0.1) is 0 Å². The zero-order chi connectivity index (χ0) is 25.9. The van der Waals surface area contributed by atoms with Gasteiger partial charge in [-0.3, -0.25) is 13.8 Å². The van der Waals surface area contributed by atoms with Gasteiger partial charge >= 0.3 is 7.82 Å². The van der Waals surface area contributed by atoms with Crippen LogP contribution in [0.5, 0.6) is 0 Å². The van der Waals surface area contributed by atoms with Gasteiger partial charge in [-0.05, 0) is 12.8 Å². The molecule has 34 heavy (non-hydrogen) atoms. The number of aliphatic hydroxyl groups excluding tert-OH is 1. The van der Waals surface area contributed by atoms with Crippen LogP contribution < -0.4 is 5.32 Å². The van der Waals surface area contributed by atoms with E-state index < -0.39 is 20.0 Å². The van der Waals surface area contributed by atoms with Crippen molar-refractivity contribution in [3.05, 3.63) is 0 Å². The summed E-state index contributed by atoms with van der Waals surface area (Å²) in [5, 5.41) is 13.5. The molecule has 204 valence electrons. The Kier molecular flexibility index (Phi) is 19.4. The van der Waals surface area contributed by atoms with E-state index in [1.54, 1.807) is 0 Å². The number of phosphoric ester groups is 1. The number of quaternary nitrogens is 1. The van der Waals surface area contributed by atoms with E-state index in [9.17, 15) is 19.4 Å². The second-order valence-corrected chi connectivity index (χ2v) is 11.9. The summed E-state index contributed by atoms with van der Waals surface area (Å²) in [6.07, 6.45) is 13.4. The lowest BCUT2D eigenvalue weighted by Gasteiger charge is -2.26. The van der Waals surface area contributed by atoms with Crippen molar-refractivity contribution < 1.29 is 32.9 Å². The van der Waals surface area contributed by atoms with E-state index in [-0.39, 0.29) is 19.1 Å². The molecule has 0 spiro atoms. The fraction of sp³-hybridized carbons (Fsp3) is 0.960. The van der Waals surface area contributed by atoms with Crippen LogP contribution in [0.3, 0.4) is 0 Å². The number of hydrogen-bond donors (Lipinski definition) is 3. The Morgan fingerprint density at radius 1 is 0.882 bits per heavy atom. The normalized spacial score (nSPS) is 15.6. The molecule has 0 aromatic carbocycles. The SMILES string of the molecule is CCCCCCCCCCCC(O)C(COP(=O)(O)OCC[N+](C)(C)C)NC(=O)CCCCC. The third kappa shape index (κ3) is 20.8. The van der Waals surface area contributed by atoms with Gasteiger partial charge in [-0.1, -0.05) is 84.5 Å². The lowest BCUT2D eigenvalue weighted by atomic mass is 10.0. The predicted octanol–water partition coefficient (Wildman–Crippen LogP) is 5.17. The van der Waals surface area contributed by atoms with E-state index in [2.05, 4.69) is 19.2 Å². The monoisotopic (exact) mass is 509 g/mol. The number of nitrogens with one attached hydrogen (secondary N) is 1. The smallest absolute Gasteiger partial charge is 0.391 e. The summed E-state index contributed by atoms with van der Waals surface area (Å²) in [5.41, 5.74) is 0. The molecule has 0 saturated heterocycles. The summed E-state index contributed by atoms with van der Waals surface area (Å²) >= 11 is 0. The number of unbranched alkanes of at least 4 members (excludes halogenated alkanes) is 10. The highest BCUT2D eigenvalue weighted by Gasteiger charge is 2.28. The molecule has 0 saturated carbocycles. The molecule has 0 aromatic rings. The maximum atomic E-state index is 12.3. The highest BCUT2D eigenvalue weighted by atomic mass is 31.2. The predicted molar refractivity (Wildman–Crippen MR) is 139 cm³/mol. The minimum atomic E-state index is -4.27. The second kappa shape index (κ2) is 19.7. The van der Waals surface area contributed by atoms with Gasteiger partial charge in [0, 0.05) is 6.42 Å². The minimum Gasteiger partial charge on any atom is -0.391 e. The van der Waals surface area contributed by atoms with Crippen LogP contribution in [0.4, 0.5) is 0 Å². The van der Waals surface area contributed by atoms with Crippen molar-refractivity contribution in [3.8, 4) is 0 Å². The van der Waals surface area contributed by atoms with Crippen molar-refractivity contribution >= 4 is 13.7 Å². The number of aliphatic hydroxyl groups is 1. The number of hydrogen-bond acceptors (Lipinski definition) is 5. The van der Waals surface area contributed by atoms with E-state index in [1.807, 2.05) is 21.1 Å². The van der Waals surface area contributed by atoms with Gasteiger partial charge in [0.05, 0.1) is 39.9 Å². The fourth-order valence-electron chi connectivity index (χ4n) is 3.57. The average molecular weight is 510 g/mol. The van der Waals surface area contributed by atoms with Gasteiger partial charge in [0.15, 0.2) is 0 Å². The van der Waals surface area contributed by atoms with Crippen molar-refractivity contribution in [2.75, 3.05) is 40.9 Å². The summed E-state index contributed by atoms with van der Waals surface area (Å²) in [6.45, 7) is 4.65. The summed E-state index contributed by atoms with van der Waals surface area (Å²) in [7, 11) is 1.61. The first-order chi connectivity index (χ1) is 16.0. The lowest BCUT2D eigenvalue weighted by molar-refractivity contribution is -0.870. The highest BCUT2D eigenvalue weighted by Crippen LogP contribution is 2.43. The van der Waals surface area contributed by atoms with Gasteiger partial charge in [-0.15, -0.1) is 0 Å². The van der Waals surface area contributed by atoms with Crippen LogP contribution in [0.2, 0.25) is 0 Å². The van der Waals surface area contributed by atoms with Crippen LogP contribution in [-0.2, 0) is 18.4 Å². The van der Waals surface area contributed by atoms with Crippen LogP contribution in [0.1, 0.15) is 104 Å². The third-order valence-corrected chi connectivity index (χ3v) is 6.84. The first-order valence-corrected chi connectivity index (χ1v) is 14.9. The Bertz CT molecular complexity index is 556. The molecule has 9 heteroatoms. The maximum absolute atomic E-state index is 12.3. The summed E-state index contributed by atoms with van der Waals surface area (Å²) in [6, 6.07) is -0.745. The molecule has 0 fully saturated rings. The summed E-state index contributed by atoms with van der Waals surface area (Å²) in [5.74, 6) is -0.174. The van der Waals surface area contributed by atoms with Crippen LogP contribution in [-0.4, -0.2) is 73.4 Å². The first-order valence-electron chi connectivity index (χ1n) is 13.4. The number of nitrogens with zero attached hydrogens (tertiary/aromatic N) is 1. The van der Waals surface area contributed by atoms with Gasteiger partial charge in [0.25, 0.3) is 0 Å². The number of rotatable bonds is 23. The quantitative estimate of drug-likeness (QED) is 0.0997. The lowest BCUT2D eigenvalue weighted by Crippen LogP contribution is -2.46. The molecule has 0 bridgehead atoms. The number of phosphoric acid groups is 1. The zero-order valence-corrected chi connectivity index (χ0v) is 23.5. The summed E-state index contributed by atoms with van der Waals surface area (Å²) < 4.78 is 23.1. The molecule has 0 heterocycles. The Morgan fingerprint density at radius 2 is 1.41 bits per heavy atom. The van der Waals surface area contributed by atoms with Crippen molar-refractivity contribution in [2.24, 2.45) is 0 Å². The van der Waals surface area contributed by atoms with E-state index in [1.165, 1.54) is 38.5 Å². The zero-order valence-electron chi connectivity index (χ0n) is 22.6. The van der Waals surface area contributed by atoms with E-state index in [0.717, 1.165) is 38.5 Å². The minimum absolute atomic E-state index is 0.0757. The van der Waals surface area contributed by atoms with Crippen molar-refractivity contribution in [1.29, 1.82) is 0 Å². The van der Waals surface area contributed by atoms with Crippen molar-refractivity contribution in [1.82, 2.24) is 5.32 Å². The molecule has 0 aliphatic rings. The van der Waals surface area contributed by atoms with E-state index in [0.29, 0.717) is 23.9 Å². The Balaban J connectivity index is 4.55. The second-order valence-electron chi connectivity index (χ2n) is 10.4. The van der Waals surface area contributed by atoms with Crippen molar-refractivity contribution in [2.45, 2.75) is 116 Å². The largest absolute Gasteiger partial charge is 0.472 e. The molecular weight excluding hydrogens is 455 g/mol. The van der Waals surface area contributed by atoms with E-state index in [4.69, 9.17) is 9.05 Å². The molecule has 3 atom stereocenters. The topological polar surface area (TPSA) is 105 Å². The molecule has 8 nitrogen and oxygen atoms in total. The van der Waals surface area contributed by atoms with Gasteiger partial charge in [-0.2, -0.15) is 0 Å². The molecule has 3 unspecified atom stereocenters. The number of likely N-dealkylation sites (N-methyl/N-ethyl adjacent to an activating group) is 1. The number of carbonyl (C=O) groups excluding carboxylic acids is 1. The van der Waals surface area contributed by atoms with Gasteiger partial charge in [-0.25, -0.2) is 4.57 Å². The Morgan fingerprint density at radius 3 is 1.97 bits per heavy atom. The first kappa shape index (κ1) is 33.5. The van der Waals surface area contributed by atoms with Gasteiger partial charge < -0.3 is 19.8 Å². The highest BCUT2D eigenvalue weighted by molar-refractivity contribution is 7.47. The third-order valence-electron chi connectivity index (χ3n) is 5.86. The number of carbonyl (C=O) groups is 1. The van der Waals surface area contributed by atoms with Crippen molar-refractivity contribution in [3.63, 3.8) is 0 Å². The molecule has 0 aromatic heterocycles. The number of amides is 1. The summed E-state index contributed by atoms with van der Waals surface area (Å²) in [4.78, 5) is 22.3. The average Bonchev–Trinajstić information content (AvgIpc) is 2.74. The Hall–Kier alpha value is -0.500. The van der Waals surface area contributed by atoms with E-state index >= 15 is 0 Å². The standard InChI is InChI=1S/C25H53N2O6P/c1-6-8-10-11-12-13-14-15-17-18-24(28)23(26-25(29)19-16-9-7-2)22-33-34(30,31)32-21-20-27(3,4)5/h23-24,28H,6-22H2,1-5H3,(H-,26,29,30,31)/p+1. The molecule has 1 amide bonds. The van der Waals surface area contributed by atoms with Gasteiger partial charge in [0.1, 0.15) is 13.2 Å². The molecule has 0 rings (SSSR count). The Labute approximate surface area is 209 Å². The molecular formula is C25H54N2O6P+. The molecule has 0 aliphatic heterocycles. The van der Waals surface area contributed by atoms with Crippen LogP contribution in [0.25, 0.3) is 0 Å². The van der Waals surface area contributed by atoms with Gasteiger partial charge in [0.2, 0.25) is 5.91 Å². The van der Waals surface area contributed by atoms with Crippen LogP contribution in [0.15, 0.2) is 0 Å². The molecule has 0 radical (unpaired) electrons.